The van der Waals surface area contributed by atoms with Crippen LogP contribution in [0, 0.1) is 0 Å². The number of hydrogen-bond donors (Lipinski definition) is 1. The molecule has 5 heteroatoms. The Hall–Kier alpha value is -2.17. The van der Waals surface area contributed by atoms with E-state index in [2.05, 4.69) is 9.97 Å². The van der Waals surface area contributed by atoms with Gasteiger partial charge in [-0.25, -0.2) is 9.97 Å². The van der Waals surface area contributed by atoms with Gasteiger partial charge in [0.05, 0.1) is 6.26 Å². The maximum absolute atomic E-state index is 10.5. The first-order valence-corrected chi connectivity index (χ1v) is 6.40. The average Bonchev–Trinajstić information content (AvgIpc) is 3.01. The average molecular weight is 287 g/mol. The van der Waals surface area contributed by atoms with Crippen LogP contribution in [0.5, 0.6) is 0 Å². The molecule has 3 aromatic rings. The summed E-state index contributed by atoms with van der Waals surface area (Å²) in [6, 6.07) is 8.89. The molecule has 0 amide bonds. The zero-order chi connectivity index (χ0) is 13.9. The Balaban J connectivity index is 2.10. The van der Waals surface area contributed by atoms with Crippen molar-refractivity contribution in [3.8, 4) is 11.3 Å². The van der Waals surface area contributed by atoms with Crippen LogP contribution in [0.1, 0.15) is 17.2 Å². The minimum atomic E-state index is -0.839. The Morgan fingerprint density at radius 3 is 2.65 bits per heavy atom. The van der Waals surface area contributed by atoms with E-state index in [9.17, 15) is 5.11 Å². The molecule has 1 atom stereocenters. The second kappa shape index (κ2) is 5.45. The largest absolute Gasteiger partial charge is 0.464 e. The molecule has 100 valence electrons. The molecule has 0 spiro atoms. The zero-order valence-electron chi connectivity index (χ0n) is 10.4. The number of rotatable bonds is 3. The maximum atomic E-state index is 10.5. The van der Waals surface area contributed by atoms with Crippen molar-refractivity contribution in [3.63, 3.8) is 0 Å². The van der Waals surface area contributed by atoms with Gasteiger partial charge in [0.1, 0.15) is 18.2 Å². The topological polar surface area (TPSA) is 59.2 Å². The summed E-state index contributed by atoms with van der Waals surface area (Å²) in [7, 11) is 0. The van der Waals surface area contributed by atoms with Gasteiger partial charge < -0.3 is 9.52 Å². The van der Waals surface area contributed by atoms with Gasteiger partial charge in [0, 0.05) is 28.5 Å². The van der Waals surface area contributed by atoms with Crippen LogP contribution in [0.15, 0.2) is 59.7 Å². The first-order chi connectivity index (χ1) is 9.75. The van der Waals surface area contributed by atoms with Crippen molar-refractivity contribution in [2.75, 3.05) is 0 Å². The number of furan rings is 1. The van der Waals surface area contributed by atoms with Crippen molar-refractivity contribution in [3.05, 3.63) is 71.5 Å². The van der Waals surface area contributed by atoms with E-state index in [4.69, 9.17) is 16.0 Å². The molecule has 0 saturated heterocycles. The molecule has 4 nitrogen and oxygen atoms in total. The van der Waals surface area contributed by atoms with Crippen LogP contribution in [-0.4, -0.2) is 15.1 Å². The first kappa shape index (κ1) is 12.8. The van der Waals surface area contributed by atoms with E-state index in [1.165, 1.54) is 6.33 Å². The van der Waals surface area contributed by atoms with Crippen LogP contribution in [0.2, 0.25) is 5.02 Å². The lowest BCUT2D eigenvalue weighted by Crippen LogP contribution is -2.02. The van der Waals surface area contributed by atoms with Crippen molar-refractivity contribution >= 4 is 11.6 Å². The Bertz CT molecular complexity index is 699. The monoisotopic (exact) mass is 286 g/mol. The zero-order valence-corrected chi connectivity index (χ0v) is 11.2. The minimum Gasteiger partial charge on any atom is -0.464 e. The Kier molecular flexibility index (Phi) is 3.50. The van der Waals surface area contributed by atoms with Gasteiger partial charge in [-0.2, -0.15) is 0 Å². The Morgan fingerprint density at radius 1 is 1.15 bits per heavy atom. The molecule has 0 fully saturated rings. The summed E-state index contributed by atoms with van der Waals surface area (Å²) in [5, 5.41) is 11.1. The van der Waals surface area contributed by atoms with Crippen LogP contribution < -0.4 is 0 Å². The van der Waals surface area contributed by atoms with Crippen molar-refractivity contribution in [1.29, 1.82) is 0 Å². The lowest BCUT2D eigenvalue weighted by atomic mass is 9.97. The maximum Gasteiger partial charge on any atom is 0.134 e. The lowest BCUT2D eigenvalue weighted by Gasteiger charge is -2.14. The third-order valence-electron chi connectivity index (χ3n) is 2.99. The molecular weight excluding hydrogens is 276 g/mol. The van der Waals surface area contributed by atoms with Crippen LogP contribution in [0.4, 0.5) is 0 Å². The summed E-state index contributed by atoms with van der Waals surface area (Å²) in [6.07, 6.45) is 5.33. The highest BCUT2D eigenvalue weighted by Crippen LogP contribution is 2.33. The van der Waals surface area contributed by atoms with E-state index in [0.29, 0.717) is 21.9 Å². The Labute approximate surface area is 120 Å². The second-order valence-corrected chi connectivity index (χ2v) is 4.72. The number of benzene rings is 1. The molecule has 0 bridgehead atoms. The van der Waals surface area contributed by atoms with Gasteiger partial charge in [-0.15, -0.1) is 0 Å². The smallest absolute Gasteiger partial charge is 0.134 e. The van der Waals surface area contributed by atoms with Gasteiger partial charge >= 0.3 is 0 Å². The van der Waals surface area contributed by atoms with Gasteiger partial charge in [-0.3, -0.25) is 0 Å². The normalized spacial score (nSPS) is 12.3. The van der Waals surface area contributed by atoms with Crippen LogP contribution in [0.3, 0.4) is 0 Å². The number of nitrogens with zero attached hydrogens (tertiary/aromatic N) is 2. The standard InChI is InChI=1S/C15H11ClN2O2/c16-11-3-4-12(13(6-11)14-2-1-5-20-14)15(19)10-7-17-9-18-8-10/h1-9,15,19H. The first-order valence-electron chi connectivity index (χ1n) is 6.02. The van der Waals surface area contributed by atoms with Crippen LogP contribution >= 0.6 is 11.6 Å². The van der Waals surface area contributed by atoms with E-state index < -0.39 is 6.10 Å². The highest BCUT2D eigenvalue weighted by atomic mass is 35.5. The lowest BCUT2D eigenvalue weighted by molar-refractivity contribution is 0.219. The van der Waals surface area contributed by atoms with E-state index in [-0.39, 0.29) is 0 Å². The Morgan fingerprint density at radius 2 is 1.95 bits per heavy atom. The SMILES string of the molecule is OC(c1cncnc1)c1ccc(Cl)cc1-c1ccco1. The molecule has 0 aliphatic carbocycles. The summed E-state index contributed by atoms with van der Waals surface area (Å²) in [6.45, 7) is 0. The van der Waals surface area contributed by atoms with Gasteiger partial charge in [0.2, 0.25) is 0 Å². The van der Waals surface area contributed by atoms with Crippen molar-refractivity contribution in [2.45, 2.75) is 6.10 Å². The molecule has 1 unspecified atom stereocenters. The van der Waals surface area contributed by atoms with E-state index in [0.717, 1.165) is 5.56 Å². The third-order valence-corrected chi connectivity index (χ3v) is 3.23. The molecular formula is C15H11ClN2O2. The number of hydrogen-bond acceptors (Lipinski definition) is 4. The molecule has 1 N–H and O–H groups in total. The predicted octanol–water partition coefficient (Wildman–Crippen LogP) is 3.47. The summed E-state index contributed by atoms with van der Waals surface area (Å²) >= 11 is 6.04. The molecule has 0 saturated carbocycles. The highest BCUT2D eigenvalue weighted by Gasteiger charge is 2.17. The summed E-state index contributed by atoms with van der Waals surface area (Å²) < 4.78 is 5.40. The molecule has 0 aliphatic heterocycles. The number of aliphatic hydroxyl groups is 1. The highest BCUT2D eigenvalue weighted by molar-refractivity contribution is 6.30. The molecule has 2 heterocycles. The molecule has 0 radical (unpaired) electrons. The molecule has 1 aromatic carbocycles. The molecule has 3 rings (SSSR count). The van der Waals surface area contributed by atoms with Gasteiger partial charge in [-0.1, -0.05) is 17.7 Å². The van der Waals surface area contributed by atoms with Crippen molar-refractivity contribution in [2.24, 2.45) is 0 Å². The molecule has 20 heavy (non-hydrogen) atoms. The van der Waals surface area contributed by atoms with Crippen LogP contribution in [0.25, 0.3) is 11.3 Å². The summed E-state index contributed by atoms with van der Waals surface area (Å²) in [5.41, 5.74) is 2.06. The van der Waals surface area contributed by atoms with E-state index in [1.54, 1.807) is 42.9 Å². The minimum absolute atomic E-state index is 0.580. The number of halogens is 1. The number of aromatic nitrogens is 2. The van der Waals surface area contributed by atoms with Gasteiger partial charge in [0.15, 0.2) is 0 Å². The third kappa shape index (κ3) is 2.43. The quantitative estimate of drug-likeness (QED) is 0.801. The molecule has 0 aliphatic rings. The van der Waals surface area contributed by atoms with Crippen LogP contribution in [-0.2, 0) is 0 Å². The van der Waals surface area contributed by atoms with Gasteiger partial charge in [0.25, 0.3) is 0 Å². The second-order valence-electron chi connectivity index (χ2n) is 4.28. The van der Waals surface area contributed by atoms with Gasteiger partial charge in [-0.05, 0) is 29.8 Å². The fourth-order valence-electron chi connectivity index (χ4n) is 2.04. The van der Waals surface area contributed by atoms with E-state index >= 15 is 0 Å². The van der Waals surface area contributed by atoms with Crippen molar-refractivity contribution < 1.29 is 9.52 Å². The summed E-state index contributed by atoms with van der Waals surface area (Å²) in [4.78, 5) is 7.84. The predicted molar refractivity (Wildman–Crippen MR) is 75.2 cm³/mol. The van der Waals surface area contributed by atoms with Crippen molar-refractivity contribution in [1.82, 2.24) is 9.97 Å². The fraction of sp³-hybridized carbons (Fsp3) is 0.0667. The molecule has 2 aromatic heterocycles. The number of aliphatic hydroxyl groups excluding tert-OH is 1. The van der Waals surface area contributed by atoms with E-state index in [1.807, 2.05) is 6.07 Å². The summed E-state index contributed by atoms with van der Waals surface area (Å²) in [5.74, 6) is 0.651. The fourth-order valence-corrected chi connectivity index (χ4v) is 2.22.